The van der Waals surface area contributed by atoms with Gasteiger partial charge in [-0.3, -0.25) is 0 Å². The zero-order valence-electron chi connectivity index (χ0n) is 16.2. The van der Waals surface area contributed by atoms with Gasteiger partial charge in [0.15, 0.2) is 11.5 Å². The molecule has 3 aromatic carbocycles. The van der Waals surface area contributed by atoms with E-state index < -0.39 is 5.82 Å². The summed E-state index contributed by atoms with van der Waals surface area (Å²) in [4.78, 5) is 0. The highest BCUT2D eigenvalue weighted by molar-refractivity contribution is 6.32. The van der Waals surface area contributed by atoms with Gasteiger partial charge in [0.25, 0.3) is 0 Å². The monoisotopic (exact) mass is 425 g/mol. The van der Waals surface area contributed by atoms with Gasteiger partial charge in [0.1, 0.15) is 18.2 Å². The minimum Gasteiger partial charge on any atom is -0.490 e. The zero-order valence-corrected chi connectivity index (χ0v) is 16.9. The van der Waals surface area contributed by atoms with E-state index >= 15 is 0 Å². The second kappa shape index (κ2) is 9.91. The number of hydrogen-bond acceptors (Lipinski definition) is 3. The van der Waals surface area contributed by atoms with Crippen molar-refractivity contribution in [1.29, 1.82) is 5.26 Å². The zero-order chi connectivity index (χ0) is 21.5. The van der Waals surface area contributed by atoms with Crippen LogP contribution in [0, 0.1) is 23.0 Å². The molecule has 0 N–H and O–H groups in total. The number of nitrogens with zero attached hydrogens (tertiary/aromatic N) is 1. The summed E-state index contributed by atoms with van der Waals surface area (Å²) >= 11 is 6.41. The molecule has 0 atom stereocenters. The number of hydrogen-bond donors (Lipinski definition) is 0. The fraction of sp³-hybridized carbons (Fsp3) is 0.125. The van der Waals surface area contributed by atoms with E-state index in [1.807, 2.05) is 13.0 Å². The lowest BCUT2D eigenvalue weighted by molar-refractivity contribution is 0.269. The standard InChI is InChI=1S/C24H18ClF2NO2/c1-2-29-23-13-17(11-18(14-28)20-5-3-4-6-22(20)27)12-21(25)24(23)30-15-16-7-9-19(26)10-8-16/h3-13H,2,15H2,1H3/b18-11-. The van der Waals surface area contributed by atoms with Crippen molar-refractivity contribution in [2.75, 3.05) is 6.61 Å². The molecule has 0 heterocycles. The molecule has 0 radical (unpaired) electrons. The molecule has 152 valence electrons. The van der Waals surface area contributed by atoms with Crippen molar-refractivity contribution in [3.63, 3.8) is 0 Å². The van der Waals surface area contributed by atoms with Crippen LogP contribution in [0.15, 0.2) is 60.7 Å². The second-order valence-electron chi connectivity index (χ2n) is 6.33. The number of rotatable bonds is 7. The molecule has 0 aliphatic carbocycles. The molecule has 3 rings (SSSR count). The van der Waals surface area contributed by atoms with Crippen LogP contribution in [-0.2, 0) is 6.61 Å². The van der Waals surface area contributed by atoms with Crippen molar-refractivity contribution in [3.05, 3.63) is 94.0 Å². The topological polar surface area (TPSA) is 42.2 Å². The van der Waals surface area contributed by atoms with Crippen LogP contribution < -0.4 is 9.47 Å². The molecule has 0 unspecified atom stereocenters. The minimum absolute atomic E-state index is 0.159. The average Bonchev–Trinajstić information content (AvgIpc) is 2.73. The molecule has 6 heteroatoms. The van der Waals surface area contributed by atoms with Crippen molar-refractivity contribution in [1.82, 2.24) is 0 Å². The third kappa shape index (κ3) is 5.16. The van der Waals surface area contributed by atoms with Crippen LogP contribution in [0.4, 0.5) is 8.78 Å². The third-order valence-corrected chi connectivity index (χ3v) is 4.50. The van der Waals surface area contributed by atoms with Crippen molar-refractivity contribution in [2.24, 2.45) is 0 Å². The Labute approximate surface area is 178 Å². The van der Waals surface area contributed by atoms with Gasteiger partial charge < -0.3 is 9.47 Å². The predicted octanol–water partition coefficient (Wildman–Crippen LogP) is 6.66. The van der Waals surface area contributed by atoms with E-state index in [9.17, 15) is 14.0 Å². The molecule has 0 bridgehead atoms. The summed E-state index contributed by atoms with van der Waals surface area (Å²) in [7, 11) is 0. The Hall–Kier alpha value is -3.36. The van der Waals surface area contributed by atoms with Crippen LogP contribution in [0.3, 0.4) is 0 Å². The number of benzene rings is 3. The largest absolute Gasteiger partial charge is 0.490 e. The maximum absolute atomic E-state index is 14.1. The summed E-state index contributed by atoms with van der Waals surface area (Å²) in [6.45, 7) is 2.36. The van der Waals surface area contributed by atoms with E-state index in [4.69, 9.17) is 21.1 Å². The van der Waals surface area contributed by atoms with E-state index in [2.05, 4.69) is 0 Å². The summed E-state index contributed by atoms with van der Waals surface area (Å²) in [6, 6.07) is 17.3. The van der Waals surface area contributed by atoms with Crippen molar-refractivity contribution >= 4 is 23.3 Å². The highest BCUT2D eigenvalue weighted by Crippen LogP contribution is 2.38. The molecule has 0 saturated carbocycles. The minimum atomic E-state index is -0.485. The van der Waals surface area contributed by atoms with E-state index in [0.29, 0.717) is 23.7 Å². The Morgan fingerprint density at radius 1 is 1.07 bits per heavy atom. The van der Waals surface area contributed by atoms with Gasteiger partial charge in [-0.25, -0.2) is 8.78 Å². The average molecular weight is 426 g/mol. The van der Waals surface area contributed by atoms with Crippen molar-refractivity contribution < 1.29 is 18.3 Å². The van der Waals surface area contributed by atoms with Crippen LogP contribution in [0.2, 0.25) is 5.02 Å². The molecule has 3 nitrogen and oxygen atoms in total. The Morgan fingerprint density at radius 2 is 1.80 bits per heavy atom. The first-order valence-corrected chi connectivity index (χ1v) is 9.60. The summed E-state index contributed by atoms with van der Waals surface area (Å²) in [5.74, 6) is -0.0830. The van der Waals surface area contributed by atoms with Crippen LogP contribution >= 0.6 is 11.6 Å². The molecule has 0 fully saturated rings. The Morgan fingerprint density at radius 3 is 2.47 bits per heavy atom. The van der Waals surface area contributed by atoms with Gasteiger partial charge in [-0.1, -0.05) is 41.9 Å². The molecule has 30 heavy (non-hydrogen) atoms. The molecule has 0 spiro atoms. The van der Waals surface area contributed by atoms with Gasteiger partial charge in [-0.15, -0.1) is 0 Å². The molecule has 0 aliphatic rings. The number of halogens is 3. The highest BCUT2D eigenvalue weighted by Gasteiger charge is 2.14. The summed E-state index contributed by atoms with van der Waals surface area (Å²) in [6.07, 6.45) is 1.54. The number of ether oxygens (including phenoxy) is 2. The maximum atomic E-state index is 14.1. The van der Waals surface area contributed by atoms with E-state index in [1.165, 1.54) is 30.3 Å². The molecule has 0 saturated heterocycles. The first-order valence-electron chi connectivity index (χ1n) is 9.22. The van der Waals surface area contributed by atoms with Crippen LogP contribution in [0.25, 0.3) is 11.6 Å². The Kier molecular flexibility index (Phi) is 7.05. The van der Waals surface area contributed by atoms with Gasteiger partial charge in [-0.05, 0) is 54.5 Å². The van der Waals surface area contributed by atoms with Gasteiger partial charge in [0, 0.05) is 5.56 Å². The van der Waals surface area contributed by atoms with E-state index in [1.54, 1.807) is 36.4 Å². The first-order chi connectivity index (χ1) is 14.5. The van der Waals surface area contributed by atoms with E-state index in [-0.39, 0.29) is 28.6 Å². The van der Waals surface area contributed by atoms with E-state index in [0.717, 1.165) is 5.56 Å². The van der Waals surface area contributed by atoms with Gasteiger partial charge >= 0.3 is 0 Å². The summed E-state index contributed by atoms with van der Waals surface area (Å²) in [5.41, 5.74) is 1.69. The quantitative estimate of drug-likeness (QED) is 0.314. The summed E-state index contributed by atoms with van der Waals surface area (Å²) in [5, 5.41) is 9.77. The van der Waals surface area contributed by atoms with Crippen molar-refractivity contribution in [2.45, 2.75) is 13.5 Å². The molecule has 0 amide bonds. The lowest BCUT2D eigenvalue weighted by atomic mass is 10.0. The Balaban J connectivity index is 1.93. The van der Waals surface area contributed by atoms with Crippen LogP contribution in [0.5, 0.6) is 11.5 Å². The Bertz CT molecular complexity index is 1110. The highest BCUT2D eigenvalue weighted by atomic mass is 35.5. The van der Waals surface area contributed by atoms with Crippen LogP contribution in [-0.4, -0.2) is 6.61 Å². The summed E-state index contributed by atoms with van der Waals surface area (Å²) < 4.78 is 38.6. The first kappa shape index (κ1) is 21.4. The molecule has 3 aromatic rings. The van der Waals surface area contributed by atoms with Crippen LogP contribution in [0.1, 0.15) is 23.6 Å². The molecule has 0 aliphatic heterocycles. The molecular formula is C24H18ClF2NO2. The van der Waals surface area contributed by atoms with Crippen molar-refractivity contribution in [3.8, 4) is 17.6 Å². The molecular weight excluding hydrogens is 408 g/mol. The fourth-order valence-corrected chi connectivity index (χ4v) is 3.10. The fourth-order valence-electron chi connectivity index (χ4n) is 2.83. The van der Waals surface area contributed by atoms with Gasteiger partial charge in [0.05, 0.1) is 23.3 Å². The number of allylic oxidation sites excluding steroid dienone is 1. The maximum Gasteiger partial charge on any atom is 0.180 e. The SMILES string of the molecule is CCOc1cc(/C=C(/C#N)c2ccccc2F)cc(Cl)c1OCc1ccc(F)cc1. The molecule has 0 aromatic heterocycles. The normalized spacial score (nSPS) is 11.1. The third-order valence-electron chi connectivity index (χ3n) is 4.22. The predicted molar refractivity (Wildman–Crippen MR) is 113 cm³/mol. The van der Waals surface area contributed by atoms with Gasteiger partial charge in [0.2, 0.25) is 0 Å². The van der Waals surface area contributed by atoms with Gasteiger partial charge in [-0.2, -0.15) is 5.26 Å². The second-order valence-corrected chi connectivity index (χ2v) is 6.74. The lowest BCUT2D eigenvalue weighted by Gasteiger charge is -2.15. The lowest BCUT2D eigenvalue weighted by Crippen LogP contribution is -2.01. The smallest absolute Gasteiger partial charge is 0.180 e. The number of nitriles is 1.